The van der Waals surface area contributed by atoms with Crippen LogP contribution < -0.4 is 15.4 Å². The van der Waals surface area contributed by atoms with E-state index in [1.54, 1.807) is 13.3 Å². The Labute approximate surface area is 144 Å². The van der Waals surface area contributed by atoms with Crippen molar-refractivity contribution < 1.29 is 4.74 Å². The molecule has 7 heteroatoms. The van der Waals surface area contributed by atoms with E-state index < -0.39 is 0 Å². The number of aromatic amines is 1. The normalized spacial score (nSPS) is 10.6. The summed E-state index contributed by atoms with van der Waals surface area (Å²) in [5.74, 6) is 2.71. The van der Waals surface area contributed by atoms with E-state index >= 15 is 0 Å². The van der Waals surface area contributed by atoms with E-state index in [1.165, 1.54) is 0 Å². The van der Waals surface area contributed by atoms with Gasteiger partial charge in [-0.05, 0) is 24.3 Å². The van der Waals surface area contributed by atoms with E-state index in [0.29, 0.717) is 11.8 Å². The number of nitrogens with one attached hydrogen (secondary N) is 3. The number of para-hydroxylation sites is 1. The molecule has 0 saturated carbocycles. The molecule has 0 aliphatic rings. The monoisotopic (exact) mass is 332 g/mol. The zero-order valence-corrected chi connectivity index (χ0v) is 13.5. The summed E-state index contributed by atoms with van der Waals surface area (Å²) in [4.78, 5) is 9.19. The fourth-order valence-corrected chi connectivity index (χ4v) is 2.51. The van der Waals surface area contributed by atoms with E-state index in [1.807, 2.05) is 54.6 Å². The van der Waals surface area contributed by atoms with Gasteiger partial charge < -0.3 is 15.4 Å². The van der Waals surface area contributed by atoms with E-state index in [9.17, 15) is 0 Å². The Morgan fingerprint density at radius 1 is 0.960 bits per heavy atom. The second-order valence-electron chi connectivity index (χ2n) is 5.37. The molecule has 2 heterocycles. The van der Waals surface area contributed by atoms with Crippen molar-refractivity contribution in [2.24, 2.45) is 0 Å². The van der Waals surface area contributed by atoms with Crippen LogP contribution in [0.15, 0.2) is 60.8 Å². The Kier molecular flexibility index (Phi) is 3.88. The molecule has 2 aromatic heterocycles. The molecule has 0 unspecified atom stereocenters. The maximum Gasteiger partial charge on any atom is 0.229 e. The Morgan fingerprint density at radius 3 is 2.72 bits per heavy atom. The van der Waals surface area contributed by atoms with E-state index in [4.69, 9.17) is 4.74 Å². The molecule has 7 nitrogen and oxygen atoms in total. The number of aromatic nitrogens is 4. The second kappa shape index (κ2) is 6.48. The number of hydrogen-bond acceptors (Lipinski definition) is 6. The first kappa shape index (κ1) is 14.9. The van der Waals surface area contributed by atoms with Crippen LogP contribution >= 0.6 is 0 Å². The van der Waals surface area contributed by atoms with Crippen molar-refractivity contribution in [2.75, 3.05) is 17.7 Å². The molecule has 3 N–H and O–H groups in total. The van der Waals surface area contributed by atoms with E-state index in [0.717, 1.165) is 28.2 Å². The molecule has 124 valence electrons. The Hall–Kier alpha value is -3.61. The summed E-state index contributed by atoms with van der Waals surface area (Å²) < 4.78 is 5.25. The average Bonchev–Trinajstić information content (AvgIpc) is 3.15. The lowest BCUT2D eigenvalue weighted by atomic mass is 10.2. The minimum atomic E-state index is 0.494. The van der Waals surface area contributed by atoms with Crippen molar-refractivity contribution in [3.8, 4) is 5.75 Å². The van der Waals surface area contributed by atoms with Gasteiger partial charge in [-0.15, -0.1) is 0 Å². The number of nitrogens with zero attached hydrogens (tertiary/aromatic N) is 3. The predicted molar refractivity (Wildman–Crippen MR) is 97.7 cm³/mol. The van der Waals surface area contributed by atoms with Crippen LogP contribution in [-0.2, 0) is 0 Å². The van der Waals surface area contributed by atoms with Crippen molar-refractivity contribution in [1.29, 1.82) is 0 Å². The van der Waals surface area contributed by atoms with Crippen LogP contribution in [0.2, 0.25) is 0 Å². The third kappa shape index (κ3) is 3.20. The van der Waals surface area contributed by atoms with Crippen LogP contribution in [0, 0.1) is 0 Å². The van der Waals surface area contributed by atoms with Gasteiger partial charge in [0.25, 0.3) is 0 Å². The van der Waals surface area contributed by atoms with Gasteiger partial charge in [0, 0.05) is 23.2 Å². The van der Waals surface area contributed by atoms with Crippen LogP contribution in [0.4, 0.5) is 23.3 Å². The number of rotatable bonds is 5. The lowest BCUT2D eigenvalue weighted by Crippen LogP contribution is -2.02. The number of ether oxygens (including phenoxy) is 1. The highest BCUT2D eigenvalue weighted by Crippen LogP contribution is 2.26. The number of methoxy groups -OCH3 is 1. The summed E-state index contributed by atoms with van der Waals surface area (Å²) in [5.41, 5.74) is 1.69. The van der Waals surface area contributed by atoms with E-state index in [-0.39, 0.29) is 0 Å². The first-order chi connectivity index (χ1) is 12.3. The summed E-state index contributed by atoms with van der Waals surface area (Å²) in [6, 6.07) is 17.3. The van der Waals surface area contributed by atoms with Crippen molar-refractivity contribution in [3.63, 3.8) is 0 Å². The van der Waals surface area contributed by atoms with Crippen LogP contribution in [0.1, 0.15) is 0 Å². The number of hydrogen-bond donors (Lipinski definition) is 3. The van der Waals surface area contributed by atoms with Gasteiger partial charge in [-0.2, -0.15) is 10.1 Å². The third-order valence-corrected chi connectivity index (χ3v) is 3.68. The molecular weight excluding hydrogens is 316 g/mol. The minimum Gasteiger partial charge on any atom is -0.497 e. The summed E-state index contributed by atoms with van der Waals surface area (Å²) in [6.07, 6.45) is 1.68. The van der Waals surface area contributed by atoms with Gasteiger partial charge in [0.2, 0.25) is 5.95 Å². The summed E-state index contributed by atoms with van der Waals surface area (Å²) in [5, 5.41) is 14.2. The van der Waals surface area contributed by atoms with Gasteiger partial charge in [0.05, 0.1) is 18.8 Å². The number of anilines is 4. The maximum absolute atomic E-state index is 5.25. The predicted octanol–water partition coefficient (Wildman–Crippen LogP) is 3.85. The Morgan fingerprint density at radius 2 is 1.88 bits per heavy atom. The number of benzene rings is 2. The summed E-state index contributed by atoms with van der Waals surface area (Å²) in [7, 11) is 1.64. The lowest BCUT2D eigenvalue weighted by Gasteiger charge is -2.11. The molecule has 4 rings (SSSR count). The largest absolute Gasteiger partial charge is 0.497 e. The molecule has 4 aromatic rings. The molecular formula is C18H16N6O. The summed E-state index contributed by atoms with van der Waals surface area (Å²) >= 11 is 0. The lowest BCUT2D eigenvalue weighted by molar-refractivity contribution is 0.415. The van der Waals surface area contributed by atoms with Gasteiger partial charge in [-0.25, -0.2) is 4.98 Å². The number of fused-ring (bicyclic) bond motifs is 1. The van der Waals surface area contributed by atoms with Crippen molar-refractivity contribution in [1.82, 2.24) is 20.2 Å². The second-order valence-corrected chi connectivity index (χ2v) is 5.37. The number of H-pyrrole nitrogens is 1. The first-order valence-corrected chi connectivity index (χ1v) is 7.76. The highest BCUT2D eigenvalue weighted by atomic mass is 16.5. The molecule has 0 spiro atoms. The van der Waals surface area contributed by atoms with Gasteiger partial charge in [-0.1, -0.05) is 18.2 Å². The molecule has 2 aromatic carbocycles. The average molecular weight is 332 g/mol. The highest BCUT2D eigenvalue weighted by Gasteiger charge is 2.09. The van der Waals surface area contributed by atoms with Crippen LogP contribution in [0.5, 0.6) is 5.75 Å². The molecule has 0 radical (unpaired) electrons. The zero-order chi connectivity index (χ0) is 17.1. The quantitative estimate of drug-likeness (QED) is 0.514. The SMILES string of the molecule is COc1cccc(Nc2nc(Nc3ccn[nH]3)c3ccccc3n2)c1. The molecule has 0 aliphatic carbocycles. The van der Waals surface area contributed by atoms with Gasteiger partial charge in [0.15, 0.2) is 0 Å². The maximum atomic E-state index is 5.25. The van der Waals surface area contributed by atoms with Crippen molar-refractivity contribution in [2.45, 2.75) is 0 Å². The zero-order valence-electron chi connectivity index (χ0n) is 13.5. The van der Waals surface area contributed by atoms with Gasteiger partial charge >= 0.3 is 0 Å². The minimum absolute atomic E-state index is 0.494. The molecule has 0 fully saturated rings. The highest BCUT2D eigenvalue weighted by molar-refractivity contribution is 5.91. The van der Waals surface area contributed by atoms with Crippen LogP contribution in [-0.4, -0.2) is 27.3 Å². The molecule has 0 bridgehead atoms. The fraction of sp³-hybridized carbons (Fsp3) is 0.0556. The molecule has 0 amide bonds. The van der Waals surface area contributed by atoms with Gasteiger partial charge in [0.1, 0.15) is 17.4 Å². The Balaban J connectivity index is 1.73. The molecule has 0 aliphatic heterocycles. The first-order valence-electron chi connectivity index (χ1n) is 7.76. The summed E-state index contributed by atoms with van der Waals surface area (Å²) in [6.45, 7) is 0. The fourth-order valence-electron chi connectivity index (χ4n) is 2.51. The van der Waals surface area contributed by atoms with Crippen molar-refractivity contribution >= 4 is 34.2 Å². The Bertz CT molecular complexity index is 1000. The van der Waals surface area contributed by atoms with Crippen LogP contribution in [0.3, 0.4) is 0 Å². The van der Waals surface area contributed by atoms with Gasteiger partial charge in [-0.3, -0.25) is 5.10 Å². The van der Waals surface area contributed by atoms with Crippen LogP contribution in [0.25, 0.3) is 10.9 Å². The van der Waals surface area contributed by atoms with Crippen molar-refractivity contribution in [3.05, 3.63) is 60.8 Å². The standard InChI is InChI=1S/C18H16N6O/c1-25-13-6-4-5-12(11-13)20-18-21-15-8-3-2-7-14(15)17(23-18)22-16-9-10-19-24-16/h2-11H,1H3,(H3,19,20,21,22,23,24). The molecule has 0 saturated heterocycles. The third-order valence-electron chi connectivity index (χ3n) is 3.68. The smallest absolute Gasteiger partial charge is 0.229 e. The molecule has 0 atom stereocenters. The van der Waals surface area contributed by atoms with E-state index in [2.05, 4.69) is 30.8 Å². The topological polar surface area (TPSA) is 87.8 Å². The molecule has 25 heavy (non-hydrogen) atoms.